The lowest BCUT2D eigenvalue weighted by Gasteiger charge is -2.33. The fourth-order valence-electron chi connectivity index (χ4n) is 2.96. The number of hydrogen-bond acceptors (Lipinski definition) is 2. The van der Waals surface area contributed by atoms with Gasteiger partial charge in [0, 0.05) is 31.4 Å². The minimum atomic E-state index is 0.787. The predicted molar refractivity (Wildman–Crippen MR) is 81.7 cm³/mol. The van der Waals surface area contributed by atoms with E-state index in [0.29, 0.717) is 0 Å². The average molecular weight is 258 g/mol. The molecule has 1 aromatic carbocycles. The molecule has 104 valence electrons. The van der Waals surface area contributed by atoms with Gasteiger partial charge in [0.05, 0.1) is 0 Å². The van der Waals surface area contributed by atoms with Gasteiger partial charge in [0.2, 0.25) is 0 Å². The molecule has 1 aliphatic heterocycles. The molecule has 1 aliphatic carbocycles. The van der Waals surface area contributed by atoms with Gasteiger partial charge in [-0.25, -0.2) is 0 Å². The number of aryl methyl sites for hydroxylation is 1. The van der Waals surface area contributed by atoms with Crippen molar-refractivity contribution in [3.8, 4) is 0 Å². The fraction of sp³-hybridized carbons (Fsp3) is 0.647. The Labute approximate surface area is 117 Å². The number of hydrogen-bond donors (Lipinski definition) is 1. The van der Waals surface area contributed by atoms with Gasteiger partial charge in [-0.3, -0.25) is 0 Å². The number of rotatable bonds is 4. The summed E-state index contributed by atoms with van der Waals surface area (Å²) in [5.74, 6) is 0.898. The Kier molecular flexibility index (Phi) is 3.79. The highest BCUT2D eigenvalue weighted by molar-refractivity contribution is 5.55. The lowest BCUT2D eigenvalue weighted by atomic mass is 9.97. The van der Waals surface area contributed by atoms with Crippen molar-refractivity contribution in [2.45, 2.75) is 52.1 Å². The molecule has 1 N–H and O–H groups in total. The Morgan fingerprint density at radius 2 is 1.89 bits per heavy atom. The van der Waals surface area contributed by atoms with Crippen molar-refractivity contribution >= 4 is 5.69 Å². The molecular weight excluding hydrogens is 232 g/mol. The lowest BCUT2D eigenvalue weighted by Crippen LogP contribution is -2.34. The molecule has 2 aliphatic rings. The van der Waals surface area contributed by atoms with Crippen LogP contribution in [0.4, 0.5) is 5.69 Å². The highest BCUT2D eigenvalue weighted by Crippen LogP contribution is 2.28. The molecule has 1 heterocycles. The molecule has 19 heavy (non-hydrogen) atoms. The molecule has 1 aromatic rings. The molecular formula is C17H26N2. The summed E-state index contributed by atoms with van der Waals surface area (Å²) in [5, 5.41) is 3.66. The van der Waals surface area contributed by atoms with Crippen LogP contribution in [0, 0.1) is 12.8 Å². The molecule has 0 bridgehead atoms. The van der Waals surface area contributed by atoms with Gasteiger partial charge in [-0.15, -0.1) is 0 Å². The minimum absolute atomic E-state index is 0.787. The van der Waals surface area contributed by atoms with Crippen molar-refractivity contribution in [2.75, 3.05) is 18.0 Å². The third kappa shape index (κ3) is 3.30. The second-order valence-corrected chi connectivity index (χ2v) is 6.46. The zero-order valence-corrected chi connectivity index (χ0v) is 12.3. The average Bonchev–Trinajstić information content (AvgIpc) is 3.22. The SMILES string of the molecule is Cc1ccc(N2CCC(C)CC2)c(CNC2CC2)c1. The second-order valence-electron chi connectivity index (χ2n) is 6.46. The fourth-order valence-corrected chi connectivity index (χ4v) is 2.96. The molecule has 0 atom stereocenters. The van der Waals surface area contributed by atoms with Gasteiger partial charge in [-0.2, -0.15) is 0 Å². The number of nitrogens with zero attached hydrogens (tertiary/aromatic N) is 1. The summed E-state index contributed by atoms with van der Waals surface area (Å²) >= 11 is 0. The van der Waals surface area contributed by atoms with Crippen molar-refractivity contribution in [3.63, 3.8) is 0 Å². The summed E-state index contributed by atoms with van der Waals surface area (Å²) < 4.78 is 0. The van der Waals surface area contributed by atoms with Crippen LogP contribution >= 0.6 is 0 Å². The van der Waals surface area contributed by atoms with E-state index < -0.39 is 0 Å². The van der Waals surface area contributed by atoms with E-state index >= 15 is 0 Å². The number of piperidine rings is 1. The normalized spacial score (nSPS) is 20.8. The molecule has 2 heteroatoms. The van der Waals surface area contributed by atoms with Crippen molar-refractivity contribution in [3.05, 3.63) is 29.3 Å². The molecule has 1 saturated heterocycles. The van der Waals surface area contributed by atoms with Crippen molar-refractivity contribution in [1.29, 1.82) is 0 Å². The monoisotopic (exact) mass is 258 g/mol. The number of anilines is 1. The molecule has 2 fully saturated rings. The number of benzene rings is 1. The molecule has 0 aromatic heterocycles. The molecule has 1 saturated carbocycles. The first-order chi connectivity index (χ1) is 9.22. The predicted octanol–water partition coefficient (Wildman–Crippen LogP) is 3.48. The summed E-state index contributed by atoms with van der Waals surface area (Å²) in [7, 11) is 0. The molecule has 0 radical (unpaired) electrons. The third-order valence-corrected chi connectivity index (χ3v) is 4.52. The smallest absolute Gasteiger partial charge is 0.0412 e. The van der Waals surface area contributed by atoms with E-state index in [9.17, 15) is 0 Å². The third-order valence-electron chi connectivity index (χ3n) is 4.52. The van der Waals surface area contributed by atoms with Gasteiger partial charge < -0.3 is 10.2 Å². The van der Waals surface area contributed by atoms with E-state index in [1.807, 2.05) is 0 Å². The van der Waals surface area contributed by atoms with Gasteiger partial charge in [0.15, 0.2) is 0 Å². The van der Waals surface area contributed by atoms with E-state index in [-0.39, 0.29) is 0 Å². The molecule has 0 spiro atoms. The first kappa shape index (κ1) is 13.0. The highest BCUT2D eigenvalue weighted by Gasteiger charge is 2.22. The summed E-state index contributed by atoms with van der Waals surface area (Å²) in [5.41, 5.74) is 4.33. The van der Waals surface area contributed by atoms with Gasteiger partial charge in [-0.1, -0.05) is 24.6 Å². The maximum absolute atomic E-state index is 3.66. The standard InChI is InChI=1S/C17H26N2/c1-13-7-9-19(10-8-13)17-6-3-14(2)11-15(17)12-18-16-4-5-16/h3,6,11,13,16,18H,4-5,7-10,12H2,1-2H3. The van der Waals surface area contributed by atoms with Crippen molar-refractivity contribution < 1.29 is 0 Å². The van der Waals surface area contributed by atoms with Crippen molar-refractivity contribution in [1.82, 2.24) is 5.32 Å². The minimum Gasteiger partial charge on any atom is -0.371 e. The summed E-state index contributed by atoms with van der Waals surface area (Å²) in [6.07, 6.45) is 5.40. The first-order valence-electron chi connectivity index (χ1n) is 7.80. The van der Waals surface area contributed by atoms with Gasteiger partial charge in [-0.05, 0) is 50.2 Å². The summed E-state index contributed by atoms with van der Waals surface area (Å²) in [6, 6.07) is 7.74. The zero-order chi connectivity index (χ0) is 13.2. The van der Waals surface area contributed by atoms with Crippen LogP contribution < -0.4 is 10.2 Å². The zero-order valence-electron chi connectivity index (χ0n) is 12.3. The van der Waals surface area contributed by atoms with Crippen LogP contribution in [0.15, 0.2) is 18.2 Å². The maximum atomic E-state index is 3.66. The van der Waals surface area contributed by atoms with E-state index in [0.717, 1.165) is 18.5 Å². The molecule has 0 amide bonds. The van der Waals surface area contributed by atoms with Crippen LogP contribution in [0.5, 0.6) is 0 Å². The quantitative estimate of drug-likeness (QED) is 0.889. The maximum Gasteiger partial charge on any atom is 0.0412 e. The van der Waals surface area contributed by atoms with Crippen LogP contribution in [0.25, 0.3) is 0 Å². The molecule has 0 unspecified atom stereocenters. The van der Waals surface area contributed by atoms with E-state index in [1.54, 1.807) is 0 Å². The van der Waals surface area contributed by atoms with E-state index in [1.165, 1.54) is 55.6 Å². The summed E-state index contributed by atoms with van der Waals surface area (Å²) in [4.78, 5) is 2.59. The van der Waals surface area contributed by atoms with Crippen LogP contribution in [0.1, 0.15) is 43.7 Å². The Morgan fingerprint density at radius 3 is 2.58 bits per heavy atom. The van der Waals surface area contributed by atoms with Gasteiger partial charge >= 0.3 is 0 Å². The Balaban J connectivity index is 1.74. The molecule has 3 rings (SSSR count). The Morgan fingerprint density at radius 1 is 1.16 bits per heavy atom. The van der Waals surface area contributed by atoms with E-state index in [2.05, 4.69) is 42.3 Å². The van der Waals surface area contributed by atoms with Crippen LogP contribution in [-0.4, -0.2) is 19.1 Å². The van der Waals surface area contributed by atoms with Crippen molar-refractivity contribution in [2.24, 2.45) is 5.92 Å². The van der Waals surface area contributed by atoms with Gasteiger partial charge in [0.25, 0.3) is 0 Å². The lowest BCUT2D eigenvalue weighted by molar-refractivity contribution is 0.437. The number of nitrogens with one attached hydrogen (secondary N) is 1. The summed E-state index contributed by atoms with van der Waals surface area (Å²) in [6.45, 7) is 8.06. The second kappa shape index (κ2) is 5.54. The highest BCUT2D eigenvalue weighted by atomic mass is 15.1. The Hall–Kier alpha value is -1.02. The van der Waals surface area contributed by atoms with Gasteiger partial charge in [0.1, 0.15) is 0 Å². The largest absolute Gasteiger partial charge is 0.371 e. The first-order valence-corrected chi connectivity index (χ1v) is 7.80. The topological polar surface area (TPSA) is 15.3 Å². The van der Waals surface area contributed by atoms with Crippen LogP contribution in [0.3, 0.4) is 0 Å². The van der Waals surface area contributed by atoms with Crippen LogP contribution in [0.2, 0.25) is 0 Å². The molecule has 2 nitrogen and oxygen atoms in total. The Bertz CT molecular complexity index is 429. The van der Waals surface area contributed by atoms with E-state index in [4.69, 9.17) is 0 Å². The van der Waals surface area contributed by atoms with Crippen LogP contribution in [-0.2, 0) is 6.54 Å².